The molecule has 0 saturated carbocycles. The van der Waals surface area contributed by atoms with Crippen LogP contribution in [0.4, 0.5) is 13.2 Å². The Balaban J connectivity index is 2.00. The van der Waals surface area contributed by atoms with E-state index in [1.165, 1.54) is 23.5 Å². The summed E-state index contributed by atoms with van der Waals surface area (Å²) in [6.07, 6.45) is -4.16. The largest absolute Gasteiger partial charge is 0.573 e. The highest BCUT2D eigenvalue weighted by atomic mass is 32.1. The van der Waals surface area contributed by atoms with Gasteiger partial charge in [-0.15, -0.1) is 24.5 Å². The summed E-state index contributed by atoms with van der Waals surface area (Å²) >= 11 is 1.52. The number of aromatic nitrogens is 1. The molecular weight excluding hydrogens is 289 g/mol. The molecule has 2 N–H and O–H groups in total. The van der Waals surface area contributed by atoms with Crippen molar-refractivity contribution in [2.45, 2.75) is 25.7 Å². The molecule has 1 heterocycles. The van der Waals surface area contributed by atoms with Crippen LogP contribution in [0.2, 0.25) is 0 Å². The van der Waals surface area contributed by atoms with Crippen LogP contribution in [0.3, 0.4) is 0 Å². The molecule has 0 saturated heterocycles. The lowest BCUT2D eigenvalue weighted by Gasteiger charge is -2.11. The lowest BCUT2D eigenvalue weighted by Crippen LogP contribution is -2.17. The maximum Gasteiger partial charge on any atom is 0.573 e. The summed E-state index contributed by atoms with van der Waals surface area (Å²) < 4.78 is 39.9. The fraction of sp³-hybridized carbons (Fsp3) is 0.308. The first-order valence-corrected chi connectivity index (χ1v) is 6.74. The van der Waals surface area contributed by atoms with Crippen molar-refractivity contribution in [1.29, 1.82) is 0 Å². The minimum Gasteiger partial charge on any atom is -0.406 e. The highest BCUT2D eigenvalue weighted by molar-refractivity contribution is 7.09. The first-order chi connectivity index (χ1) is 9.33. The van der Waals surface area contributed by atoms with Crippen molar-refractivity contribution in [3.8, 4) is 5.75 Å². The zero-order chi connectivity index (χ0) is 14.8. The molecule has 0 spiro atoms. The van der Waals surface area contributed by atoms with Gasteiger partial charge < -0.3 is 10.5 Å². The number of hydrogen-bond acceptors (Lipinski definition) is 4. The average molecular weight is 302 g/mol. The van der Waals surface area contributed by atoms with Crippen molar-refractivity contribution >= 4 is 11.3 Å². The molecule has 3 nitrogen and oxygen atoms in total. The second-order valence-corrected chi connectivity index (χ2v) is 5.36. The van der Waals surface area contributed by atoms with Crippen molar-refractivity contribution in [2.24, 2.45) is 5.73 Å². The minimum absolute atomic E-state index is 0.237. The summed E-state index contributed by atoms with van der Waals surface area (Å²) in [4.78, 5) is 4.29. The number of benzene rings is 1. The van der Waals surface area contributed by atoms with Gasteiger partial charge in [0.25, 0.3) is 0 Å². The predicted molar refractivity (Wildman–Crippen MR) is 70.6 cm³/mol. The van der Waals surface area contributed by atoms with E-state index in [0.717, 1.165) is 16.3 Å². The van der Waals surface area contributed by atoms with Crippen LogP contribution in [0.25, 0.3) is 0 Å². The minimum atomic E-state index is -4.67. The smallest absolute Gasteiger partial charge is 0.406 e. The molecule has 1 aromatic carbocycles. The van der Waals surface area contributed by atoms with E-state index in [4.69, 9.17) is 5.73 Å². The maximum absolute atomic E-state index is 12.0. The second-order valence-electron chi connectivity index (χ2n) is 4.29. The number of hydrogen-bond donors (Lipinski definition) is 1. The molecule has 0 aliphatic carbocycles. The SMILES string of the molecule is Cc1nc(C(N)Cc2ccc(OC(F)(F)F)cc2)cs1. The Morgan fingerprint density at radius 1 is 1.30 bits per heavy atom. The lowest BCUT2D eigenvalue weighted by atomic mass is 10.0. The number of rotatable bonds is 4. The zero-order valence-corrected chi connectivity index (χ0v) is 11.5. The van der Waals surface area contributed by atoms with Crippen molar-refractivity contribution in [1.82, 2.24) is 4.98 Å². The number of nitrogens with zero attached hydrogens (tertiary/aromatic N) is 1. The summed E-state index contributed by atoms with van der Waals surface area (Å²) in [5.74, 6) is -0.237. The Hall–Kier alpha value is -1.60. The zero-order valence-electron chi connectivity index (χ0n) is 10.6. The molecule has 108 valence electrons. The van der Waals surface area contributed by atoms with Gasteiger partial charge in [-0.1, -0.05) is 12.1 Å². The molecule has 0 aliphatic rings. The molecule has 2 aromatic rings. The van der Waals surface area contributed by atoms with Gasteiger partial charge in [0.15, 0.2) is 0 Å². The Bertz CT molecular complexity index is 566. The molecule has 2 rings (SSSR count). The van der Waals surface area contributed by atoms with Gasteiger partial charge in [0, 0.05) is 5.38 Å². The van der Waals surface area contributed by atoms with E-state index in [-0.39, 0.29) is 11.8 Å². The number of halogens is 3. The van der Waals surface area contributed by atoms with Gasteiger partial charge >= 0.3 is 6.36 Å². The van der Waals surface area contributed by atoms with Gasteiger partial charge in [-0.3, -0.25) is 0 Å². The first kappa shape index (κ1) is 14.8. The van der Waals surface area contributed by atoms with Gasteiger partial charge in [0.2, 0.25) is 0 Å². The second kappa shape index (κ2) is 5.80. The van der Waals surface area contributed by atoms with Crippen LogP contribution in [0.15, 0.2) is 29.6 Å². The van der Waals surface area contributed by atoms with Crippen molar-refractivity contribution in [2.75, 3.05) is 0 Å². The summed E-state index contributed by atoms with van der Waals surface area (Å²) in [5.41, 5.74) is 7.64. The van der Waals surface area contributed by atoms with E-state index in [2.05, 4.69) is 9.72 Å². The Kier molecular flexibility index (Phi) is 4.29. The molecule has 0 bridgehead atoms. The number of aryl methyl sites for hydroxylation is 1. The Morgan fingerprint density at radius 3 is 2.45 bits per heavy atom. The van der Waals surface area contributed by atoms with Crippen molar-refractivity contribution in [3.63, 3.8) is 0 Å². The lowest BCUT2D eigenvalue weighted by molar-refractivity contribution is -0.274. The van der Waals surface area contributed by atoms with E-state index in [0.29, 0.717) is 6.42 Å². The predicted octanol–water partition coefficient (Wildman–Crippen LogP) is 3.59. The molecule has 0 fully saturated rings. The molecule has 0 radical (unpaired) electrons. The van der Waals surface area contributed by atoms with E-state index >= 15 is 0 Å². The van der Waals surface area contributed by atoms with Crippen LogP contribution in [-0.4, -0.2) is 11.3 Å². The molecule has 0 amide bonds. The third-order valence-corrected chi connectivity index (χ3v) is 3.42. The highest BCUT2D eigenvalue weighted by Gasteiger charge is 2.30. The third kappa shape index (κ3) is 4.21. The molecule has 1 atom stereocenters. The van der Waals surface area contributed by atoms with E-state index < -0.39 is 6.36 Å². The molecule has 1 unspecified atom stereocenters. The number of ether oxygens (including phenoxy) is 1. The van der Waals surface area contributed by atoms with Crippen LogP contribution < -0.4 is 10.5 Å². The molecule has 1 aromatic heterocycles. The summed E-state index contributed by atoms with van der Waals surface area (Å²) in [7, 11) is 0. The monoisotopic (exact) mass is 302 g/mol. The number of thiazole rings is 1. The summed E-state index contributed by atoms with van der Waals surface area (Å²) in [6, 6.07) is 5.43. The van der Waals surface area contributed by atoms with Crippen LogP contribution >= 0.6 is 11.3 Å². The highest BCUT2D eigenvalue weighted by Crippen LogP contribution is 2.24. The topological polar surface area (TPSA) is 48.1 Å². The van der Waals surface area contributed by atoms with Gasteiger partial charge in [-0.2, -0.15) is 0 Å². The van der Waals surface area contributed by atoms with Crippen LogP contribution in [0, 0.1) is 6.92 Å². The summed E-state index contributed by atoms with van der Waals surface area (Å²) in [5, 5.41) is 2.82. The van der Waals surface area contributed by atoms with Gasteiger partial charge in [0.05, 0.1) is 16.7 Å². The van der Waals surface area contributed by atoms with Gasteiger partial charge in [-0.25, -0.2) is 4.98 Å². The van der Waals surface area contributed by atoms with Crippen molar-refractivity contribution < 1.29 is 17.9 Å². The van der Waals surface area contributed by atoms with Crippen LogP contribution in [0.5, 0.6) is 5.75 Å². The molecule has 7 heteroatoms. The van der Waals surface area contributed by atoms with Crippen LogP contribution in [-0.2, 0) is 6.42 Å². The van der Waals surface area contributed by atoms with Crippen molar-refractivity contribution in [3.05, 3.63) is 45.9 Å². The van der Waals surface area contributed by atoms with Gasteiger partial charge in [0.1, 0.15) is 5.75 Å². The summed E-state index contributed by atoms with van der Waals surface area (Å²) in [6.45, 7) is 1.89. The van der Waals surface area contributed by atoms with E-state index in [1.54, 1.807) is 12.1 Å². The Labute approximate surface area is 118 Å². The van der Waals surface area contributed by atoms with E-state index in [9.17, 15) is 13.2 Å². The quantitative estimate of drug-likeness (QED) is 0.939. The normalized spacial score (nSPS) is 13.2. The van der Waals surface area contributed by atoms with Crippen LogP contribution in [0.1, 0.15) is 22.3 Å². The average Bonchev–Trinajstić information content (AvgIpc) is 2.77. The maximum atomic E-state index is 12.0. The van der Waals surface area contributed by atoms with Gasteiger partial charge in [-0.05, 0) is 31.0 Å². The standard InChI is InChI=1S/C13H13F3N2OS/c1-8-18-12(7-20-8)11(17)6-9-2-4-10(5-3-9)19-13(14,15)16/h2-5,7,11H,6,17H2,1H3. The first-order valence-electron chi connectivity index (χ1n) is 5.86. The molecular formula is C13H13F3N2OS. The molecule has 20 heavy (non-hydrogen) atoms. The molecule has 0 aliphatic heterocycles. The Morgan fingerprint density at radius 2 is 1.95 bits per heavy atom. The number of alkyl halides is 3. The number of nitrogens with two attached hydrogens (primary N) is 1. The fourth-order valence-electron chi connectivity index (χ4n) is 1.74. The third-order valence-electron chi connectivity index (χ3n) is 2.63. The fourth-order valence-corrected chi connectivity index (χ4v) is 2.41. The van der Waals surface area contributed by atoms with E-state index in [1.807, 2.05) is 12.3 Å².